The second kappa shape index (κ2) is 5.41. The van der Waals surface area contributed by atoms with Crippen molar-refractivity contribution in [2.45, 2.75) is 6.92 Å². The molecule has 7 heteroatoms. The van der Waals surface area contributed by atoms with E-state index in [1.807, 2.05) is 0 Å². The third-order valence-corrected chi connectivity index (χ3v) is 2.10. The monoisotopic (exact) mass is 246 g/mol. The number of halogens is 1. The minimum Gasteiger partial charge on any atom is -0.360 e. The maximum absolute atomic E-state index is 13.3. The highest BCUT2D eigenvalue weighted by atomic mass is 19.1. The summed E-state index contributed by atoms with van der Waals surface area (Å²) in [5, 5.41) is 30.0. The molecule has 1 rings (SSSR count). The molecule has 0 unspecified atom stereocenters. The van der Waals surface area contributed by atoms with Gasteiger partial charge >= 0.3 is 5.69 Å². The van der Waals surface area contributed by atoms with Gasteiger partial charge in [-0.25, -0.2) is 0 Å². The predicted molar refractivity (Wildman–Crippen MR) is 60.7 cm³/mol. The van der Waals surface area contributed by atoms with E-state index in [9.17, 15) is 14.5 Å². The number of nitrogens with zero attached hydrogens (tertiary/aromatic N) is 3. The molecule has 0 amide bonds. The summed E-state index contributed by atoms with van der Waals surface area (Å²) in [6.45, 7) is 1.54. The molecule has 0 saturated heterocycles. The molecule has 0 heterocycles. The highest BCUT2D eigenvalue weighted by molar-refractivity contribution is 5.58. The Morgan fingerprint density at radius 3 is 2.61 bits per heavy atom. The summed E-state index contributed by atoms with van der Waals surface area (Å²) < 4.78 is 13.3. The fraction of sp³-hybridized carbons (Fsp3) is 0.0909. The van der Waals surface area contributed by atoms with Crippen LogP contribution in [0.15, 0.2) is 23.9 Å². The first-order chi connectivity index (χ1) is 8.49. The molecule has 1 aromatic rings. The van der Waals surface area contributed by atoms with Gasteiger partial charge < -0.3 is 5.32 Å². The molecule has 18 heavy (non-hydrogen) atoms. The summed E-state index contributed by atoms with van der Waals surface area (Å²) in [6, 6.07) is 5.26. The topological polar surface area (TPSA) is 103 Å². The van der Waals surface area contributed by atoms with Gasteiger partial charge in [0.1, 0.15) is 17.7 Å². The largest absolute Gasteiger partial charge is 0.360 e. The molecule has 0 aliphatic carbocycles. The number of aryl methyl sites for hydroxylation is 1. The summed E-state index contributed by atoms with van der Waals surface area (Å²) in [6.07, 6.45) is 1.10. The molecule has 6 nitrogen and oxygen atoms in total. The van der Waals surface area contributed by atoms with Crippen molar-refractivity contribution in [3.05, 3.63) is 45.4 Å². The number of benzene rings is 1. The van der Waals surface area contributed by atoms with Gasteiger partial charge in [-0.3, -0.25) is 10.1 Å². The van der Waals surface area contributed by atoms with Crippen LogP contribution in [0.3, 0.4) is 0 Å². The molecule has 0 aliphatic heterocycles. The summed E-state index contributed by atoms with van der Waals surface area (Å²) >= 11 is 0. The van der Waals surface area contributed by atoms with Crippen LogP contribution in [0.1, 0.15) is 5.56 Å². The van der Waals surface area contributed by atoms with Gasteiger partial charge in [0.05, 0.1) is 4.92 Å². The molecule has 0 aliphatic rings. The number of rotatable bonds is 3. The number of hydrogen-bond donors (Lipinski definition) is 1. The number of nitrogens with one attached hydrogen (secondary N) is 1. The lowest BCUT2D eigenvalue weighted by Gasteiger charge is -2.05. The highest BCUT2D eigenvalue weighted by Gasteiger charge is 2.16. The first kappa shape index (κ1) is 13.1. The quantitative estimate of drug-likeness (QED) is 0.501. The van der Waals surface area contributed by atoms with Gasteiger partial charge in [-0.2, -0.15) is 14.9 Å². The standard InChI is InChI=1S/C11H7FN4O2/c1-7-2-11(16(17)18)9(12)3-10(7)15-6-8(4-13)5-14/h2-3,6,15H,1H3. The first-order valence-electron chi connectivity index (χ1n) is 4.71. The van der Waals surface area contributed by atoms with Gasteiger partial charge in [0, 0.05) is 24.0 Å². The lowest BCUT2D eigenvalue weighted by atomic mass is 10.1. The Kier molecular flexibility index (Phi) is 3.95. The highest BCUT2D eigenvalue weighted by Crippen LogP contribution is 2.25. The van der Waals surface area contributed by atoms with Crippen LogP contribution in [-0.4, -0.2) is 4.92 Å². The molecule has 0 fully saturated rings. The Hall–Kier alpha value is -2.93. The van der Waals surface area contributed by atoms with Crippen LogP contribution < -0.4 is 5.32 Å². The van der Waals surface area contributed by atoms with E-state index in [0.29, 0.717) is 5.56 Å². The van der Waals surface area contributed by atoms with E-state index in [2.05, 4.69) is 5.32 Å². The normalized spacial score (nSPS) is 8.89. The van der Waals surface area contributed by atoms with E-state index in [1.54, 1.807) is 19.1 Å². The summed E-state index contributed by atoms with van der Waals surface area (Å²) in [4.78, 5) is 9.67. The van der Waals surface area contributed by atoms with E-state index in [-0.39, 0.29) is 11.3 Å². The van der Waals surface area contributed by atoms with Crippen LogP contribution >= 0.6 is 0 Å². The van der Waals surface area contributed by atoms with Crippen LogP contribution in [-0.2, 0) is 0 Å². The summed E-state index contributed by atoms with van der Waals surface area (Å²) in [7, 11) is 0. The molecule has 0 saturated carbocycles. The Morgan fingerprint density at radius 1 is 1.50 bits per heavy atom. The van der Waals surface area contributed by atoms with E-state index in [1.165, 1.54) is 0 Å². The van der Waals surface area contributed by atoms with Crippen molar-refractivity contribution in [2.24, 2.45) is 0 Å². The van der Waals surface area contributed by atoms with Crippen molar-refractivity contribution in [1.29, 1.82) is 10.5 Å². The van der Waals surface area contributed by atoms with Crippen molar-refractivity contribution in [3.63, 3.8) is 0 Å². The average Bonchev–Trinajstić information content (AvgIpc) is 2.33. The van der Waals surface area contributed by atoms with Crippen LogP contribution in [0.5, 0.6) is 0 Å². The number of nitro benzene ring substituents is 1. The fourth-order valence-electron chi connectivity index (χ4n) is 1.20. The molecular weight excluding hydrogens is 239 g/mol. The maximum Gasteiger partial charge on any atom is 0.305 e. The number of anilines is 1. The first-order valence-corrected chi connectivity index (χ1v) is 4.71. The second-order valence-electron chi connectivity index (χ2n) is 3.30. The Morgan fingerprint density at radius 2 is 2.11 bits per heavy atom. The fourth-order valence-corrected chi connectivity index (χ4v) is 1.20. The molecule has 0 aromatic heterocycles. The van der Waals surface area contributed by atoms with Gasteiger partial charge in [-0.15, -0.1) is 0 Å². The van der Waals surface area contributed by atoms with Gasteiger partial charge in [0.2, 0.25) is 5.82 Å². The van der Waals surface area contributed by atoms with Crippen molar-refractivity contribution in [3.8, 4) is 12.1 Å². The summed E-state index contributed by atoms with van der Waals surface area (Å²) in [5.74, 6) is -0.989. The Balaban J connectivity index is 3.11. The van der Waals surface area contributed by atoms with Gasteiger partial charge in [0.15, 0.2) is 0 Å². The lowest BCUT2D eigenvalue weighted by molar-refractivity contribution is -0.387. The molecule has 1 N–H and O–H groups in total. The SMILES string of the molecule is Cc1cc([N+](=O)[O-])c(F)cc1NC=C(C#N)C#N. The number of nitro groups is 1. The van der Waals surface area contributed by atoms with E-state index >= 15 is 0 Å². The zero-order valence-corrected chi connectivity index (χ0v) is 9.27. The number of nitriles is 2. The average molecular weight is 246 g/mol. The Labute approximate surface area is 102 Å². The number of hydrogen-bond acceptors (Lipinski definition) is 5. The van der Waals surface area contributed by atoms with Crippen LogP contribution in [0.4, 0.5) is 15.8 Å². The maximum atomic E-state index is 13.3. The Bertz CT molecular complexity index is 595. The van der Waals surface area contributed by atoms with Crippen molar-refractivity contribution < 1.29 is 9.31 Å². The van der Waals surface area contributed by atoms with E-state index in [0.717, 1.165) is 18.3 Å². The van der Waals surface area contributed by atoms with Crippen molar-refractivity contribution >= 4 is 11.4 Å². The third-order valence-electron chi connectivity index (χ3n) is 2.10. The minimum absolute atomic E-state index is 0.187. The van der Waals surface area contributed by atoms with Crippen molar-refractivity contribution in [1.82, 2.24) is 0 Å². The summed E-state index contributed by atoms with van der Waals surface area (Å²) in [5.41, 5.74) is -0.133. The van der Waals surface area contributed by atoms with Gasteiger partial charge in [-0.05, 0) is 12.5 Å². The minimum atomic E-state index is -0.989. The molecule has 1 aromatic carbocycles. The molecule has 0 atom stereocenters. The van der Waals surface area contributed by atoms with Crippen LogP contribution in [0.2, 0.25) is 0 Å². The third kappa shape index (κ3) is 2.80. The van der Waals surface area contributed by atoms with E-state index in [4.69, 9.17) is 10.5 Å². The zero-order chi connectivity index (χ0) is 13.7. The van der Waals surface area contributed by atoms with Gasteiger partial charge in [0.25, 0.3) is 0 Å². The predicted octanol–water partition coefficient (Wildman–Crippen LogP) is 2.39. The molecule has 0 radical (unpaired) electrons. The second-order valence-corrected chi connectivity index (χ2v) is 3.30. The molecule has 0 spiro atoms. The molecule has 90 valence electrons. The van der Waals surface area contributed by atoms with Crippen molar-refractivity contribution in [2.75, 3.05) is 5.32 Å². The zero-order valence-electron chi connectivity index (χ0n) is 9.27. The molecule has 0 bridgehead atoms. The van der Waals surface area contributed by atoms with Gasteiger partial charge in [-0.1, -0.05) is 0 Å². The van der Waals surface area contributed by atoms with E-state index < -0.39 is 16.4 Å². The number of allylic oxidation sites excluding steroid dienone is 1. The smallest absolute Gasteiger partial charge is 0.305 e. The van der Waals surface area contributed by atoms with Crippen LogP contribution in [0.25, 0.3) is 0 Å². The molecular formula is C11H7FN4O2. The lowest BCUT2D eigenvalue weighted by Crippen LogP contribution is -1.98. The van der Waals surface area contributed by atoms with Crippen LogP contribution in [0, 0.1) is 45.5 Å².